The summed E-state index contributed by atoms with van der Waals surface area (Å²) < 4.78 is 7.97. The molecule has 0 spiro atoms. The Labute approximate surface area is 340 Å². The maximum atomic E-state index is 13.1. The van der Waals surface area contributed by atoms with Gasteiger partial charge in [0, 0.05) is 105 Å². The lowest BCUT2D eigenvalue weighted by Crippen LogP contribution is -2.52. The molecule has 2 aromatic carbocycles. The molecule has 0 radical (unpaired) electrons. The number of pyridine rings is 2. The minimum atomic E-state index is -0.693. The van der Waals surface area contributed by atoms with Crippen molar-refractivity contribution in [1.29, 1.82) is 0 Å². The van der Waals surface area contributed by atoms with Gasteiger partial charge in [0.25, 0.3) is 11.8 Å². The minimum absolute atomic E-state index is 0.0533. The SMILES string of the molecule is CC(=O)N1CCn2c(C3CCOCC3)nc(-c3cccc4cc(-c5ccc(C(=O)NCCC#Cc6cccc7c6CN([C@H]6CCC(=O)NC6=O)C7=O)nc5)ncc34)c2C1. The Balaban J connectivity index is 0.858. The average molecular weight is 791 g/mol. The second-order valence-electron chi connectivity index (χ2n) is 15.3. The predicted molar refractivity (Wildman–Crippen MR) is 216 cm³/mol. The fourth-order valence-electron chi connectivity index (χ4n) is 8.55. The van der Waals surface area contributed by atoms with Gasteiger partial charge in [-0.3, -0.25) is 39.3 Å². The first-order valence-corrected chi connectivity index (χ1v) is 20.0. The van der Waals surface area contributed by atoms with E-state index in [1.807, 2.05) is 41.4 Å². The highest BCUT2D eigenvalue weighted by molar-refractivity contribution is 6.05. The van der Waals surface area contributed by atoms with Gasteiger partial charge in [0.05, 0.1) is 23.6 Å². The molecule has 0 bridgehead atoms. The molecule has 4 aliphatic rings. The minimum Gasteiger partial charge on any atom is -0.381 e. The molecular formula is C45H42N8O6. The van der Waals surface area contributed by atoms with Gasteiger partial charge in [-0.1, -0.05) is 36.1 Å². The van der Waals surface area contributed by atoms with Crippen molar-refractivity contribution in [3.05, 3.63) is 101 Å². The van der Waals surface area contributed by atoms with Crippen LogP contribution in [-0.4, -0.2) is 91.2 Å². The molecule has 2 N–H and O–H groups in total. The van der Waals surface area contributed by atoms with Crippen LogP contribution in [0.3, 0.4) is 0 Å². The molecule has 9 rings (SSSR count). The Hall–Kier alpha value is -6.72. The van der Waals surface area contributed by atoms with Crippen LogP contribution in [0.25, 0.3) is 33.3 Å². The standard InChI is InChI=1S/C45H42N8O6/c1-27(54)51-18-19-52-39(26-51)41(50-42(52)29-15-20-59-21-16-29)32-9-5-8-30-22-37(48-24-34(30)32)31-11-12-36(47-23-31)43(56)46-17-3-2-6-28-7-4-10-33-35(28)25-53(45(33)58)38-13-14-40(55)49-44(38)57/h4-5,7-12,22-24,29,38H,3,13-21,25-26H2,1H3,(H,46,56)(H,49,55,57)/t38-/m0/s1. The molecule has 4 aliphatic heterocycles. The highest BCUT2D eigenvalue weighted by atomic mass is 16.5. The van der Waals surface area contributed by atoms with E-state index in [4.69, 9.17) is 14.7 Å². The summed E-state index contributed by atoms with van der Waals surface area (Å²) in [6.45, 7) is 5.48. The highest BCUT2D eigenvalue weighted by Crippen LogP contribution is 2.38. The summed E-state index contributed by atoms with van der Waals surface area (Å²) >= 11 is 0. The van der Waals surface area contributed by atoms with Crippen LogP contribution in [0.5, 0.6) is 0 Å². The lowest BCUT2D eigenvalue weighted by Gasteiger charge is -2.30. The van der Waals surface area contributed by atoms with Gasteiger partial charge >= 0.3 is 0 Å². The number of benzene rings is 2. The number of carbonyl (C=O) groups excluding carboxylic acids is 5. The molecule has 1 atom stereocenters. The lowest BCUT2D eigenvalue weighted by atomic mass is 9.99. The molecule has 3 aromatic heterocycles. The number of piperidine rings is 1. The van der Waals surface area contributed by atoms with E-state index >= 15 is 0 Å². The third kappa shape index (κ3) is 7.34. The molecule has 59 heavy (non-hydrogen) atoms. The van der Waals surface area contributed by atoms with E-state index in [9.17, 15) is 24.0 Å². The van der Waals surface area contributed by atoms with Crippen LogP contribution in [0.15, 0.2) is 67.0 Å². The third-order valence-electron chi connectivity index (χ3n) is 11.7. The molecule has 14 heteroatoms. The quantitative estimate of drug-likeness (QED) is 0.138. The number of imide groups is 1. The van der Waals surface area contributed by atoms with Gasteiger partial charge in [-0.25, -0.2) is 4.98 Å². The molecule has 5 aromatic rings. The van der Waals surface area contributed by atoms with Crippen molar-refractivity contribution in [2.75, 3.05) is 26.3 Å². The van der Waals surface area contributed by atoms with Crippen LogP contribution >= 0.6 is 0 Å². The van der Waals surface area contributed by atoms with Crippen LogP contribution in [0, 0.1) is 11.8 Å². The number of rotatable bonds is 7. The van der Waals surface area contributed by atoms with Crippen molar-refractivity contribution in [2.24, 2.45) is 0 Å². The summed E-state index contributed by atoms with van der Waals surface area (Å²) in [6.07, 6.45) is 6.21. The summed E-state index contributed by atoms with van der Waals surface area (Å²) in [4.78, 5) is 80.5. The number of hydrogen-bond donors (Lipinski definition) is 2. The fourth-order valence-corrected chi connectivity index (χ4v) is 8.55. The topological polar surface area (TPSA) is 169 Å². The Kier molecular flexibility index (Phi) is 10.2. The normalized spacial score (nSPS) is 17.9. The van der Waals surface area contributed by atoms with Crippen molar-refractivity contribution in [2.45, 2.75) is 70.6 Å². The van der Waals surface area contributed by atoms with Gasteiger partial charge in [-0.2, -0.15) is 0 Å². The molecule has 5 amide bonds. The number of amides is 5. The molecule has 0 saturated carbocycles. The number of nitrogens with zero attached hydrogens (tertiary/aromatic N) is 6. The number of nitrogens with one attached hydrogen (secondary N) is 2. The smallest absolute Gasteiger partial charge is 0.269 e. The molecule has 14 nitrogen and oxygen atoms in total. The molecule has 0 unspecified atom stereocenters. The number of fused-ring (bicyclic) bond motifs is 3. The second-order valence-corrected chi connectivity index (χ2v) is 15.3. The van der Waals surface area contributed by atoms with E-state index < -0.39 is 11.9 Å². The van der Waals surface area contributed by atoms with E-state index in [-0.39, 0.29) is 42.3 Å². The van der Waals surface area contributed by atoms with Gasteiger partial charge < -0.3 is 24.4 Å². The first-order chi connectivity index (χ1) is 28.7. The average Bonchev–Trinajstić information content (AvgIpc) is 3.81. The Morgan fingerprint density at radius 1 is 0.949 bits per heavy atom. The molecule has 298 valence electrons. The van der Waals surface area contributed by atoms with E-state index in [2.05, 4.69) is 38.1 Å². The van der Waals surface area contributed by atoms with Gasteiger partial charge in [-0.15, -0.1) is 0 Å². The Bertz CT molecular complexity index is 2600. The summed E-state index contributed by atoms with van der Waals surface area (Å²) in [5, 5.41) is 7.14. The van der Waals surface area contributed by atoms with Gasteiger partial charge in [0.2, 0.25) is 17.7 Å². The van der Waals surface area contributed by atoms with Crippen molar-refractivity contribution in [3.8, 4) is 34.4 Å². The number of aromatic nitrogens is 4. The first kappa shape index (κ1) is 37.8. The molecule has 0 aliphatic carbocycles. The van der Waals surface area contributed by atoms with Crippen molar-refractivity contribution >= 4 is 40.3 Å². The van der Waals surface area contributed by atoms with Crippen LogP contribution in [0.2, 0.25) is 0 Å². The monoisotopic (exact) mass is 790 g/mol. The summed E-state index contributed by atoms with van der Waals surface area (Å²) in [5.74, 6) is 6.29. The summed E-state index contributed by atoms with van der Waals surface area (Å²) in [6, 6.07) is 16.3. The van der Waals surface area contributed by atoms with Crippen LogP contribution in [0.1, 0.15) is 88.4 Å². The van der Waals surface area contributed by atoms with Gasteiger partial charge in [0.1, 0.15) is 17.6 Å². The van der Waals surface area contributed by atoms with Crippen molar-refractivity contribution in [3.63, 3.8) is 0 Å². The van der Waals surface area contributed by atoms with Crippen LogP contribution in [0.4, 0.5) is 0 Å². The Morgan fingerprint density at radius 2 is 1.78 bits per heavy atom. The molecule has 2 saturated heterocycles. The largest absolute Gasteiger partial charge is 0.381 e. The van der Waals surface area contributed by atoms with Crippen molar-refractivity contribution in [1.82, 2.24) is 40.0 Å². The van der Waals surface area contributed by atoms with E-state index in [0.717, 1.165) is 76.4 Å². The zero-order valence-electron chi connectivity index (χ0n) is 32.6. The number of hydrogen-bond acceptors (Lipinski definition) is 9. The third-order valence-corrected chi connectivity index (χ3v) is 11.7. The predicted octanol–water partition coefficient (Wildman–Crippen LogP) is 4.35. The number of carbonyl (C=O) groups is 5. The molecule has 2 fully saturated rings. The second kappa shape index (κ2) is 15.9. The van der Waals surface area contributed by atoms with E-state index in [0.29, 0.717) is 56.1 Å². The zero-order valence-corrected chi connectivity index (χ0v) is 32.6. The maximum absolute atomic E-state index is 13.1. The summed E-state index contributed by atoms with van der Waals surface area (Å²) in [7, 11) is 0. The lowest BCUT2D eigenvalue weighted by molar-refractivity contribution is -0.137. The highest BCUT2D eigenvalue weighted by Gasteiger charge is 2.40. The maximum Gasteiger partial charge on any atom is 0.269 e. The summed E-state index contributed by atoms with van der Waals surface area (Å²) in [5.41, 5.74) is 6.61. The fraction of sp³-hybridized carbons (Fsp3) is 0.333. The van der Waals surface area contributed by atoms with Gasteiger partial charge in [-0.05, 0) is 60.5 Å². The molecular weight excluding hydrogens is 749 g/mol. The Morgan fingerprint density at radius 3 is 2.58 bits per heavy atom. The van der Waals surface area contributed by atoms with Crippen LogP contribution < -0.4 is 10.6 Å². The zero-order chi connectivity index (χ0) is 40.6. The van der Waals surface area contributed by atoms with Gasteiger partial charge in [0.15, 0.2) is 0 Å². The van der Waals surface area contributed by atoms with Crippen molar-refractivity contribution < 1.29 is 28.7 Å². The number of ether oxygens (including phenoxy) is 1. The van der Waals surface area contributed by atoms with E-state index in [1.165, 1.54) is 4.90 Å². The number of imidazole rings is 1. The molecule has 7 heterocycles. The van der Waals surface area contributed by atoms with Crippen LogP contribution in [-0.2, 0) is 38.8 Å². The van der Waals surface area contributed by atoms with E-state index in [1.54, 1.807) is 31.3 Å². The first-order valence-electron chi connectivity index (χ1n) is 20.0.